The molecular formula is C21H30ClFO2. The molecule has 25 heavy (non-hydrogen) atoms. The molecule has 0 fully saturated rings. The SMILES string of the molecule is CC.CC.Cc1cc(F)ccc1OCCCOc1ccc(Cl)cc1C. The summed E-state index contributed by atoms with van der Waals surface area (Å²) in [5.41, 5.74) is 1.81. The Morgan fingerprint density at radius 1 is 0.800 bits per heavy atom. The van der Waals surface area contributed by atoms with Crippen molar-refractivity contribution in [1.29, 1.82) is 0 Å². The van der Waals surface area contributed by atoms with Crippen molar-refractivity contribution in [1.82, 2.24) is 0 Å². The molecule has 0 unspecified atom stereocenters. The van der Waals surface area contributed by atoms with Crippen molar-refractivity contribution in [3.05, 3.63) is 58.4 Å². The number of hydrogen-bond donors (Lipinski definition) is 0. The molecule has 0 saturated heterocycles. The average molecular weight is 369 g/mol. The molecule has 2 aromatic rings. The van der Waals surface area contributed by atoms with Crippen molar-refractivity contribution >= 4 is 11.6 Å². The van der Waals surface area contributed by atoms with Crippen LogP contribution in [0.25, 0.3) is 0 Å². The van der Waals surface area contributed by atoms with E-state index >= 15 is 0 Å². The minimum absolute atomic E-state index is 0.249. The van der Waals surface area contributed by atoms with Crippen LogP contribution in [-0.4, -0.2) is 13.2 Å². The van der Waals surface area contributed by atoms with E-state index in [9.17, 15) is 4.39 Å². The van der Waals surface area contributed by atoms with Gasteiger partial charge in [-0.05, 0) is 61.4 Å². The highest BCUT2D eigenvalue weighted by atomic mass is 35.5. The summed E-state index contributed by atoms with van der Waals surface area (Å²) in [5.74, 6) is 1.29. The number of rotatable bonds is 6. The molecule has 140 valence electrons. The molecule has 0 atom stereocenters. The summed E-state index contributed by atoms with van der Waals surface area (Å²) in [4.78, 5) is 0. The first-order valence-corrected chi connectivity index (χ1v) is 9.22. The maximum Gasteiger partial charge on any atom is 0.123 e. The van der Waals surface area contributed by atoms with Crippen molar-refractivity contribution < 1.29 is 13.9 Å². The standard InChI is InChI=1S/C17H18ClFO2.2C2H6/c1-12-10-14(18)4-6-16(12)20-8-3-9-21-17-7-5-15(19)11-13(17)2;2*1-2/h4-7,10-11H,3,8-9H2,1-2H3;2*1-2H3. The molecule has 0 saturated carbocycles. The first-order valence-electron chi connectivity index (χ1n) is 8.84. The van der Waals surface area contributed by atoms with Crippen LogP contribution in [0.4, 0.5) is 4.39 Å². The molecule has 4 heteroatoms. The summed E-state index contributed by atoms with van der Waals surface area (Å²) >= 11 is 5.89. The monoisotopic (exact) mass is 368 g/mol. The van der Waals surface area contributed by atoms with E-state index in [4.69, 9.17) is 21.1 Å². The Bertz CT molecular complexity index is 561. The zero-order chi connectivity index (χ0) is 19.2. The lowest BCUT2D eigenvalue weighted by Gasteiger charge is -2.11. The topological polar surface area (TPSA) is 18.5 Å². The third kappa shape index (κ3) is 8.78. The first-order chi connectivity index (χ1) is 12.1. The molecule has 0 heterocycles. The Kier molecular flexibility index (Phi) is 12.6. The molecule has 0 aliphatic carbocycles. The molecule has 0 radical (unpaired) electrons. The van der Waals surface area contributed by atoms with Gasteiger partial charge in [0.25, 0.3) is 0 Å². The molecule has 0 bridgehead atoms. The number of hydrogen-bond acceptors (Lipinski definition) is 2. The van der Waals surface area contributed by atoms with Crippen LogP contribution in [0.3, 0.4) is 0 Å². The molecule has 0 spiro atoms. The fourth-order valence-corrected chi connectivity index (χ4v) is 2.20. The van der Waals surface area contributed by atoms with Crippen molar-refractivity contribution in [2.24, 2.45) is 0 Å². The lowest BCUT2D eigenvalue weighted by Crippen LogP contribution is -2.06. The molecule has 2 nitrogen and oxygen atoms in total. The Labute approximate surface area is 156 Å². The van der Waals surface area contributed by atoms with Gasteiger partial charge in [0.15, 0.2) is 0 Å². The van der Waals surface area contributed by atoms with Gasteiger partial charge in [-0.15, -0.1) is 0 Å². The molecule has 0 aliphatic rings. The number of ether oxygens (including phenoxy) is 2. The van der Waals surface area contributed by atoms with Crippen LogP contribution in [-0.2, 0) is 0 Å². The minimum atomic E-state index is -0.249. The van der Waals surface area contributed by atoms with E-state index in [1.807, 2.05) is 59.7 Å². The molecule has 2 rings (SSSR count). The number of halogens is 2. The third-order valence-electron chi connectivity index (χ3n) is 3.08. The van der Waals surface area contributed by atoms with Gasteiger partial charge in [0.1, 0.15) is 17.3 Å². The van der Waals surface area contributed by atoms with Crippen LogP contribution < -0.4 is 9.47 Å². The van der Waals surface area contributed by atoms with Crippen LogP contribution >= 0.6 is 11.6 Å². The van der Waals surface area contributed by atoms with Gasteiger partial charge in [-0.3, -0.25) is 0 Å². The largest absolute Gasteiger partial charge is 0.493 e. The third-order valence-corrected chi connectivity index (χ3v) is 3.31. The maximum absolute atomic E-state index is 13.0. The van der Waals surface area contributed by atoms with E-state index in [0.29, 0.717) is 24.0 Å². The Morgan fingerprint density at radius 2 is 1.28 bits per heavy atom. The van der Waals surface area contributed by atoms with Crippen molar-refractivity contribution in [2.45, 2.75) is 48.0 Å². The Hall–Kier alpha value is -1.74. The highest BCUT2D eigenvalue weighted by molar-refractivity contribution is 6.30. The van der Waals surface area contributed by atoms with Crippen LogP contribution in [0.1, 0.15) is 45.2 Å². The lowest BCUT2D eigenvalue weighted by atomic mass is 10.2. The van der Waals surface area contributed by atoms with Crippen LogP contribution in [0.5, 0.6) is 11.5 Å². The van der Waals surface area contributed by atoms with Crippen molar-refractivity contribution in [3.63, 3.8) is 0 Å². The molecule has 0 amide bonds. The van der Waals surface area contributed by atoms with E-state index < -0.39 is 0 Å². The minimum Gasteiger partial charge on any atom is -0.493 e. The lowest BCUT2D eigenvalue weighted by molar-refractivity contribution is 0.245. The summed E-state index contributed by atoms with van der Waals surface area (Å²) in [6, 6.07) is 10.0. The van der Waals surface area contributed by atoms with E-state index in [0.717, 1.165) is 23.3 Å². The molecule has 0 aromatic heterocycles. The Balaban J connectivity index is 0.00000134. The van der Waals surface area contributed by atoms with Gasteiger partial charge < -0.3 is 9.47 Å². The van der Waals surface area contributed by atoms with Gasteiger partial charge in [-0.2, -0.15) is 0 Å². The van der Waals surface area contributed by atoms with E-state index in [1.165, 1.54) is 12.1 Å². The van der Waals surface area contributed by atoms with Gasteiger partial charge in [-0.1, -0.05) is 39.3 Å². The van der Waals surface area contributed by atoms with Gasteiger partial charge in [0.05, 0.1) is 13.2 Å². The summed E-state index contributed by atoms with van der Waals surface area (Å²) in [6.07, 6.45) is 0.749. The zero-order valence-corrected chi connectivity index (χ0v) is 16.9. The second-order valence-electron chi connectivity index (χ2n) is 4.87. The smallest absolute Gasteiger partial charge is 0.123 e. The summed E-state index contributed by atoms with van der Waals surface area (Å²) in [7, 11) is 0. The van der Waals surface area contributed by atoms with Gasteiger partial charge in [0, 0.05) is 11.4 Å². The molecule has 2 aromatic carbocycles. The van der Waals surface area contributed by atoms with E-state index in [1.54, 1.807) is 6.07 Å². The van der Waals surface area contributed by atoms with Crippen LogP contribution in [0.15, 0.2) is 36.4 Å². The predicted octanol–water partition coefficient (Wildman–Crippen LogP) is 7.00. The zero-order valence-electron chi connectivity index (χ0n) is 16.2. The van der Waals surface area contributed by atoms with E-state index in [2.05, 4.69) is 0 Å². The van der Waals surface area contributed by atoms with Gasteiger partial charge in [0.2, 0.25) is 0 Å². The fourth-order valence-electron chi connectivity index (χ4n) is 1.97. The second kappa shape index (κ2) is 13.5. The summed E-state index contributed by atoms with van der Waals surface area (Å²) in [6.45, 7) is 12.9. The maximum atomic E-state index is 13.0. The average Bonchev–Trinajstić information content (AvgIpc) is 2.61. The molecule has 0 N–H and O–H groups in total. The summed E-state index contributed by atoms with van der Waals surface area (Å²) in [5, 5.41) is 0.704. The molecule has 0 aliphatic heterocycles. The van der Waals surface area contributed by atoms with Crippen LogP contribution in [0, 0.1) is 19.7 Å². The van der Waals surface area contributed by atoms with Crippen LogP contribution in [0.2, 0.25) is 5.02 Å². The number of aryl methyl sites for hydroxylation is 2. The van der Waals surface area contributed by atoms with E-state index in [-0.39, 0.29) is 5.82 Å². The Morgan fingerprint density at radius 3 is 1.76 bits per heavy atom. The summed E-state index contributed by atoms with van der Waals surface area (Å²) < 4.78 is 24.3. The fraction of sp³-hybridized carbons (Fsp3) is 0.429. The number of benzene rings is 2. The van der Waals surface area contributed by atoms with Gasteiger partial charge >= 0.3 is 0 Å². The quantitative estimate of drug-likeness (QED) is 0.511. The first kappa shape index (κ1) is 23.3. The normalized spacial score (nSPS) is 9.28. The van der Waals surface area contributed by atoms with Gasteiger partial charge in [-0.25, -0.2) is 4.39 Å². The predicted molar refractivity (Wildman–Crippen MR) is 106 cm³/mol. The van der Waals surface area contributed by atoms with Crippen molar-refractivity contribution in [2.75, 3.05) is 13.2 Å². The van der Waals surface area contributed by atoms with Crippen molar-refractivity contribution in [3.8, 4) is 11.5 Å². The highest BCUT2D eigenvalue weighted by Gasteiger charge is 2.02. The molecular weight excluding hydrogens is 339 g/mol. The highest BCUT2D eigenvalue weighted by Crippen LogP contribution is 2.22. The second-order valence-corrected chi connectivity index (χ2v) is 5.31.